The molecular formula is C27H39N3O6S. The Morgan fingerprint density at radius 3 is 2.46 bits per heavy atom. The highest BCUT2D eigenvalue weighted by Crippen LogP contribution is 2.30. The predicted molar refractivity (Wildman–Crippen MR) is 145 cm³/mol. The summed E-state index contributed by atoms with van der Waals surface area (Å²) in [6, 6.07) is 13.6. The van der Waals surface area contributed by atoms with Crippen LogP contribution in [0.1, 0.15) is 45.6 Å². The predicted octanol–water partition coefficient (Wildman–Crippen LogP) is 3.58. The molecule has 0 aliphatic carbocycles. The first kappa shape index (κ1) is 30.0. The number of anilines is 1. The number of sulfonamides is 1. The SMILES string of the molecule is CCCNC(=O)[C@@H](C)N(Cc1cccc(OC)c1)C(=O)CCCN(c1ccccc1OCC)S(C)(=O)=O. The Balaban J connectivity index is 2.21. The Morgan fingerprint density at radius 1 is 1.08 bits per heavy atom. The molecule has 9 nitrogen and oxygen atoms in total. The lowest BCUT2D eigenvalue weighted by Gasteiger charge is -2.29. The molecule has 37 heavy (non-hydrogen) atoms. The van der Waals surface area contributed by atoms with Crippen LogP contribution in [0.3, 0.4) is 0 Å². The van der Waals surface area contributed by atoms with Crippen LogP contribution in [0.15, 0.2) is 48.5 Å². The van der Waals surface area contributed by atoms with Gasteiger partial charge >= 0.3 is 0 Å². The molecule has 2 aromatic rings. The molecular weight excluding hydrogens is 494 g/mol. The van der Waals surface area contributed by atoms with Crippen LogP contribution in [0.25, 0.3) is 0 Å². The zero-order valence-electron chi connectivity index (χ0n) is 22.4. The Bertz CT molecular complexity index is 1140. The second-order valence-electron chi connectivity index (χ2n) is 8.68. The molecule has 0 unspecified atom stereocenters. The van der Waals surface area contributed by atoms with Crippen LogP contribution < -0.4 is 19.1 Å². The average molecular weight is 534 g/mol. The number of methoxy groups -OCH3 is 1. The van der Waals surface area contributed by atoms with Crippen molar-refractivity contribution in [1.82, 2.24) is 10.2 Å². The van der Waals surface area contributed by atoms with Crippen molar-refractivity contribution >= 4 is 27.5 Å². The van der Waals surface area contributed by atoms with Gasteiger partial charge in [-0.05, 0) is 56.5 Å². The van der Waals surface area contributed by atoms with Crippen LogP contribution in [0.2, 0.25) is 0 Å². The summed E-state index contributed by atoms with van der Waals surface area (Å²) < 4.78 is 37.4. The molecule has 0 saturated heterocycles. The monoisotopic (exact) mass is 533 g/mol. The van der Waals surface area contributed by atoms with Gasteiger partial charge in [0.05, 0.1) is 25.7 Å². The maximum absolute atomic E-state index is 13.4. The van der Waals surface area contributed by atoms with Gasteiger partial charge in [-0.2, -0.15) is 0 Å². The number of rotatable bonds is 15. The van der Waals surface area contributed by atoms with Crippen molar-refractivity contribution in [3.63, 3.8) is 0 Å². The van der Waals surface area contributed by atoms with Gasteiger partial charge in [0, 0.05) is 26.1 Å². The molecule has 1 N–H and O–H groups in total. The Hall–Kier alpha value is -3.27. The van der Waals surface area contributed by atoms with E-state index in [4.69, 9.17) is 9.47 Å². The van der Waals surface area contributed by atoms with Gasteiger partial charge in [0.15, 0.2) is 0 Å². The number of carbonyl (C=O) groups is 2. The number of amides is 2. The van der Waals surface area contributed by atoms with Crippen LogP contribution in [0.5, 0.6) is 11.5 Å². The van der Waals surface area contributed by atoms with E-state index < -0.39 is 16.1 Å². The fourth-order valence-corrected chi connectivity index (χ4v) is 4.84. The molecule has 0 aliphatic rings. The molecule has 204 valence electrons. The molecule has 0 radical (unpaired) electrons. The van der Waals surface area contributed by atoms with Crippen LogP contribution in [-0.2, 0) is 26.2 Å². The number of ether oxygens (including phenoxy) is 2. The molecule has 0 aliphatic heterocycles. The summed E-state index contributed by atoms with van der Waals surface area (Å²) in [7, 11) is -2.05. The van der Waals surface area contributed by atoms with Gasteiger partial charge < -0.3 is 19.7 Å². The van der Waals surface area contributed by atoms with Crippen LogP contribution in [0.4, 0.5) is 5.69 Å². The molecule has 1 atom stereocenters. The van der Waals surface area contributed by atoms with E-state index in [0.717, 1.165) is 18.2 Å². The van der Waals surface area contributed by atoms with Gasteiger partial charge in [-0.25, -0.2) is 8.42 Å². The fourth-order valence-electron chi connectivity index (χ4n) is 3.87. The average Bonchev–Trinajstić information content (AvgIpc) is 2.88. The van der Waals surface area contributed by atoms with E-state index in [1.54, 1.807) is 38.3 Å². The summed E-state index contributed by atoms with van der Waals surface area (Å²) in [5.74, 6) is 0.641. The molecule has 0 spiro atoms. The maximum Gasteiger partial charge on any atom is 0.242 e. The summed E-state index contributed by atoms with van der Waals surface area (Å²) in [6.45, 7) is 6.72. The first-order valence-electron chi connectivity index (χ1n) is 12.5. The van der Waals surface area contributed by atoms with Gasteiger partial charge in [-0.15, -0.1) is 0 Å². The fraction of sp³-hybridized carbons (Fsp3) is 0.481. The van der Waals surface area contributed by atoms with Gasteiger partial charge in [-0.3, -0.25) is 13.9 Å². The highest BCUT2D eigenvalue weighted by Gasteiger charge is 2.27. The number of carbonyl (C=O) groups excluding carboxylic acids is 2. The summed E-state index contributed by atoms with van der Waals surface area (Å²) in [4.78, 5) is 27.6. The molecule has 2 aromatic carbocycles. The van der Waals surface area contributed by atoms with Crippen molar-refractivity contribution in [3.8, 4) is 11.5 Å². The number of nitrogens with one attached hydrogen (secondary N) is 1. The zero-order chi connectivity index (χ0) is 27.4. The minimum absolute atomic E-state index is 0.0676. The van der Waals surface area contributed by atoms with E-state index >= 15 is 0 Å². The van der Waals surface area contributed by atoms with Crippen molar-refractivity contribution in [2.24, 2.45) is 0 Å². The first-order chi connectivity index (χ1) is 17.6. The topological polar surface area (TPSA) is 105 Å². The molecule has 2 amide bonds. The van der Waals surface area contributed by atoms with E-state index in [9.17, 15) is 18.0 Å². The molecule has 0 saturated carbocycles. The first-order valence-corrected chi connectivity index (χ1v) is 14.4. The molecule has 10 heteroatoms. The second kappa shape index (κ2) is 14.5. The number of para-hydroxylation sites is 2. The van der Waals surface area contributed by atoms with Gasteiger partial charge in [0.25, 0.3) is 0 Å². The van der Waals surface area contributed by atoms with E-state index in [2.05, 4.69) is 5.32 Å². The van der Waals surface area contributed by atoms with Crippen molar-refractivity contribution in [1.29, 1.82) is 0 Å². The highest BCUT2D eigenvalue weighted by molar-refractivity contribution is 7.92. The molecule has 0 bridgehead atoms. The minimum atomic E-state index is -3.62. The third kappa shape index (κ3) is 8.96. The number of nitrogens with zero attached hydrogens (tertiary/aromatic N) is 2. The summed E-state index contributed by atoms with van der Waals surface area (Å²) in [5, 5.41) is 2.85. The molecule has 0 aromatic heterocycles. The lowest BCUT2D eigenvalue weighted by Crippen LogP contribution is -2.47. The van der Waals surface area contributed by atoms with Crippen LogP contribution in [0, 0.1) is 0 Å². The lowest BCUT2D eigenvalue weighted by atomic mass is 10.1. The Morgan fingerprint density at radius 2 is 1.81 bits per heavy atom. The van der Waals surface area contributed by atoms with E-state index in [1.165, 1.54) is 9.21 Å². The van der Waals surface area contributed by atoms with E-state index in [1.807, 2.05) is 38.1 Å². The lowest BCUT2D eigenvalue weighted by molar-refractivity contribution is -0.140. The molecule has 2 rings (SSSR count). The third-order valence-corrected chi connectivity index (χ3v) is 6.97. The Labute approximate surface area is 220 Å². The third-order valence-electron chi connectivity index (χ3n) is 5.79. The van der Waals surface area contributed by atoms with E-state index in [-0.39, 0.29) is 37.7 Å². The van der Waals surface area contributed by atoms with Crippen molar-refractivity contribution in [2.45, 2.75) is 52.6 Å². The van der Waals surface area contributed by atoms with E-state index in [0.29, 0.717) is 30.3 Å². The smallest absolute Gasteiger partial charge is 0.242 e. The summed E-state index contributed by atoms with van der Waals surface area (Å²) in [6.07, 6.45) is 2.25. The molecule has 0 fully saturated rings. The largest absolute Gasteiger partial charge is 0.497 e. The maximum atomic E-state index is 13.4. The highest BCUT2D eigenvalue weighted by atomic mass is 32.2. The number of benzene rings is 2. The van der Waals surface area contributed by atoms with Crippen molar-refractivity contribution in [2.75, 3.05) is 37.4 Å². The van der Waals surface area contributed by atoms with Gasteiger partial charge in [0.2, 0.25) is 21.8 Å². The zero-order valence-corrected chi connectivity index (χ0v) is 23.2. The van der Waals surface area contributed by atoms with Crippen LogP contribution >= 0.6 is 0 Å². The normalized spacial score (nSPS) is 11.9. The van der Waals surface area contributed by atoms with Crippen molar-refractivity contribution in [3.05, 3.63) is 54.1 Å². The Kier molecular flexibility index (Phi) is 11.7. The van der Waals surface area contributed by atoms with Gasteiger partial charge in [0.1, 0.15) is 17.5 Å². The second-order valence-corrected chi connectivity index (χ2v) is 10.6. The standard InChI is InChI=1S/C27H39N3O6S/c1-6-17-28-27(32)21(3)29(20-22-12-10-13-23(19-22)35-4)26(31)16-11-18-30(37(5,33)34)24-14-8-9-15-25(24)36-7-2/h8-10,12-15,19,21H,6-7,11,16-18,20H2,1-5H3,(H,28,32)/t21-/m1/s1. The van der Waals surface area contributed by atoms with Crippen LogP contribution in [-0.4, -0.2) is 64.2 Å². The summed E-state index contributed by atoms with van der Waals surface area (Å²) in [5.41, 5.74) is 1.26. The minimum Gasteiger partial charge on any atom is -0.497 e. The van der Waals surface area contributed by atoms with Crippen molar-refractivity contribution < 1.29 is 27.5 Å². The number of hydrogen-bond acceptors (Lipinski definition) is 6. The quantitative estimate of drug-likeness (QED) is 0.375. The van der Waals surface area contributed by atoms with Gasteiger partial charge in [-0.1, -0.05) is 31.2 Å². The summed E-state index contributed by atoms with van der Waals surface area (Å²) >= 11 is 0. The number of hydrogen-bond donors (Lipinski definition) is 1. The molecule has 0 heterocycles.